The summed E-state index contributed by atoms with van der Waals surface area (Å²) in [6.07, 6.45) is 18.3. The molecule has 0 amide bonds. The minimum atomic E-state index is -2.04. The minimum absolute atomic E-state index is 0.605. The first-order valence-electron chi connectivity index (χ1n) is 13.3. The molecule has 2 rings (SSSR count). The van der Waals surface area contributed by atoms with Crippen LogP contribution >= 0.6 is 0 Å². The number of aromatic nitrogens is 3. The van der Waals surface area contributed by atoms with E-state index in [1.165, 1.54) is 18.4 Å². The van der Waals surface area contributed by atoms with E-state index in [4.69, 9.17) is 9.97 Å². The van der Waals surface area contributed by atoms with Crippen LogP contribution in [0.5, 0.6) is 0 Å². The first-order chi connectivity index (χ1) is 17.9. The molecule has 2 heterocycles. The van der Waals surface area contributed by atoms with Crippen LogP contribution in [-0.2, 0) is 6.42 Å². The van der Waals surface area contributed by atoms with Crippen molar-refractivity contribution in [2.45, 2.75) is 68.9 Å². The number of pyridine rings is 1. The third-order valence-electron chi connectivity index (χ3n) is 6.67. The van der Waals surface area contributed by atoms with Gasteiger partial charge in [-0.05, 0) is 60.7 Å². The highest BCUT2D eigenvalue weighted by atomic mass is 28.3. The van der Waals surface area contributed by atoms with Crippen LogP contribution in [0.25, 0.3) is 11.0 Å². The summed E-state index contributed by atoms with van der Waals surface area (Å²) in [5.74, 6) is 1.53. The smallest absolute Gasteiger partial charge is 0.216 e. The molecule has 2 aromatic heterocycles. The van der Waals surface area contributed by atoms with Crippen LogP contribution in [0.15, 0.2) is 88.2 Å². The molecule has 0 spiro atoms. The summed E-state index contributed by atoms with van der Waals surface area (Å²) in [6.45, 7) is 26.3. The molecule has 198 valence electrons. The van der Waals surface area contributed by atoms with E-state index in [1.54, 1.807) is 0 Å². The van der Waals surface area contributed by atoms with E-state index in [9.17, 15) is 0 Å². The summed E-state index contributed by atoms with van der Waals surface area (Å²) in [4.78, 5) is 22.3. The second-order valence-electron chi connectivity index (χ2n) is 9.83. The highest BCUT2D eigenvalue weighted by molar-refractivity contribution is 6.84. The van der Waals surface area contributed by atoms with Gasteiger partial charge in [-0.2, -0.15) is 4.98 Å². The van der Waals surface area contributed by atoms with Crippen LogP contribution in [0.2, 0.25) is 36.3 Å². The fourth-order valence-electron chi connectivity index (χ4n) is 4.88. The zero-order valence-electron chi connectivity index (χ0n) is 22.8. The first kappa shape index (κ1) is 30.2. The largest absolute Gasteiger partial charge is 0.394 e. The quantitative estimate of drug-likeness (QED) is 0.102. The molecule has 0 atom stereocenters. The van der Waals surface area contributed by atoms with Gasteiger partial charge in [-0.15, -0.1) is 39.5 Å². The van der Waals surface area contributed by atoms with Crippen molar-refractivity contribution in [3.8, 4) is 0 Å². The third kappa shape index (κ3) is 8.50. The lowest BCUT2D eigenvalue weighted by atomic mass is 10.1. The molecule has 37 heavy (non-hydrogen) atoms. The number of nitrogens with one attached hydrogen (secondary N) is 2. The number of nitrogens with zero attached hydrogens (tertiary/aromatic N) is 3. The van der Waals surface area contributed by atoms with Crippen molar-refractivity contribution in [1.82, 2.24) is 15.0 Å². The molecule has 0 bridgehead atoms. The van der Waals surface area contributed by atoms with Gasteiger partial charge in [-0.3, -0.25) is 0 Å². The Kier molecular flexibility index (Phi) is 12.5. The van der Waals surface area contributed by atoms with Crippen LogP contribution in [0.3, 0.4) is 0 Å². The van der Waals surface area contributed by atoms with Gasteiger partial charge in [0.05, 0.1) is 0 Å². The SMILES string of the molecule is C=CC[Si](CC=C)(CC=C)Nc1ncc2cc(CCCCC)c(N[Si](CC=C)(CC=C)CC=C)nc2n1. The maximum absolute atomic E-state index is 5.10. The number of hydrogen-bond acceptors (Lipinski definition) is 5. The predicted octanol–water partition coefficient (Wildman–Crippen LogP) is 8.59. The summed E-state index contributed by atoms with van der Waals surface area (Å²) < 4.78 is 0. The Morgan fingerprint density at radius 3 is 1.73 bits per heavy atom. The zero-order chi connectivity index (χ0) is 27.2. The Balaban J connectivity index is 2.58. The van der Waals surface area contributed by atoms with Crippen molar-refractivity contribution >= 4 is 39.3 Å². The molecule has 0 radical (unpaired) electrons. The third-order valence-corrected chi connectivity index (χ3v) is 14.6. The minimum Gasteiger partial charge on any atom is -0.394 e. The van der Waals surface area contributed by atoms with Gasteiger partial charge in [-0.1, -0.05) is 56.2 Å². The average Bonchev–Trinajstić information content (AvgIpc) is 2.85. The highest BCUT2D eigenvalue weighted by Crippen LogP contribution is 2.30. The van der Waals surface area contributed by atoms with E-state index in [1.807, 2.05) is 42.7 Å². The van der Waals surface area contributed by atoms with Crippen molar-refractivity contribution in [1.29, 1.82) is 0 Å². The molecule has 0 fully saturated rings. The molecule has 5 nitrogen and oxygen atoms in total. The van der Waals surface area contributed by atoms with Gasteiger partial charge >= 0.3 is 0 Å². The van der Waals surface area contributed by atoms with Crippen LogP contribution in [0.1, 0.15) is 31.7 Å². The summed E-state index contributed by atoms with van der Waals surface area (Å²) in [7, 11) is -4.08. The van der Waals surface area contributed by atoms with Gasteiger partial charge < -0.3 is 9.96 Å². The molecule has 2 aromatic rings. The Morgan fingerprint density at radius 1 is 0.730 bits per heavy atom. The number of aryl methyl sites for hydroxylation is 1. The summed E-state index contributed by atoms with van der Waals surface area (Å²) >= 11 is 0. The molecule has 0 saturated carbocycles. The monoisotopic (exact) mass is 531 g/mol. The molecule has 0 unspecified atom stereocenters. The summed E-state index contributed by atoms with van der Waals surface area (Å²) in [6, 6.07) is 7.57. The van der Waals surface area contributed by atoms with Crippen LogP contribution < -0.4 is 9.96 Å². The predicted molar refractivity (Wildman–Crippen MR) is 169 cm³/mol. The van der Waals surface area contributed by atoms with Crippen LogP contribution in [-0.4, -0.2) is 31.4 Å². The lowest BCUT2D eigenvalue weighted by Crippen LogP contribution is -2.43. The summed E-state index contributed by atoms with van der Waals surface area (Å²) in [5.41, 5.74) is 1.91. The van der Waals surface area contributed by atoms with Crippen molar-refractivity contribution in [2.75, 3.05) is 9.96 Å². The van der Waals surface area contributed by atoms with Crippen molar-refractivity contribution in [3.63, 3.8) is 0 Å². The van der Waals surface area contributed by atoms with E-state index >= 15 is 0 Å². The maximum Gasteiger partial charge on any atom is 0.216 e. The molecule has 0 aliphatic carbocycles. The van der Waals surface area contributed by atoms with Gasteiger partial charge in [0.2, 0.25) is 5.95 Å². The van der Waals surface area contributed by atoms with E-state index in [-0.39, 0.29) is 0 Å². The molecular formula is C30H45N5Si2. The van der Waals surface area contributed by atoms with Crippen molar-refractivity contribution < 1.29 is 0 Å². The fourth-order valence-corrected chi connectivity index (χ4v) is 11.1. The van der Waals surface area contributed by atoms with Crippen molar-refractivity contribution in [3.05, 3.63) is 93.8 Å². The van der Waals surface area contributed by atoms with Gasteiger partial charge in [0.25, 0.3) is 0 Å². The fraction of sp³-hybridized carbons (Fsp3) is 0.367. The molecule has 0 aromatic carbocycles. The number of unbranched alkanes of at least 4 members (excludes halogenated alkanes) is 2. The Labute approximate surface area is 226 Å². The Morgan fingerprint density at radius 2 is 1.24 bits per heavy atom. The van der Waals surface area contributed by atoms with Gasteiger partial charge in [-0.25, -0.2) is 9.97 Å². The van der Waals surface area contributed by atoms with E-state index in [2.05, 4.69) is 67.4 Å². The zero-order valence-corrected chi connectivity index (χ0v) is 24.8. The standard InChI is InChI=1S/C30H45N5Si2/c1-8-15-16-17-26-24-27-25-31-30(35-37(21-12-5,22-13-6)23-14-7)33-28(27)32-29(26)34-36(18-9-2,19-10-3)20-11-4/h9-14,24-25H,2-8,15-23H2,1H3,(H2,31,32,33,34,35). The number of allylic oxidation sites excluding steroid dienone is 6. The van der Waals surface area contributed by atoms with E-state index in [0.717, 1.165) is 60.3 Å². The van der Waals surface area contributed by atoms with E-state index < -0.39 is 16.5 Å². The molecule has 2 N–H and O–H groups in total. The number of hydrogen-bond donors (Lipinski definition) is 2. The van der Waals surface area contributed by atoms with Crippen molar-refractivity contribution in [2.24, 2.45) is 0 Å². The normalized spacial score (nSPS) is 11.5. The molecular weight excluding hydrogens is 487 g/mol. The lowest BCUT2D eigenvalue weighted by molar-refractivity contribution is 0.717. The topological polar surface area (TPSA) is 62.7 Å². The first-order valence-corrected chi connectivity index (χ1v) is 18.6. The molecule has 0 aliphatic heterocycles. The molecule has 7 heteroatoms. The summed E-state index contributed by atoms with van der Waals surface area (Å²) in [5, 5.41) is 0.953. The average molecular weight is 532 g/mol. The van der Waals surface area contributed by atoms with Gasteiger partial charge in [0.15, 0.2) is 22.1 Å². The van der Waals surface area contributed by atoms with Crippen LogP contribution in [0, 0.1) is 0 Å². The maximum atomic E-state index is 5.10. The second kappa shape index (κ2) is 15.3. The molecule has 0 aliphatic rings. The Hall–Kier alpha value is -3.04. The van der Waals surface area contributed by atoms with Gasteiger partial charge in [0.1, 0.15) is 5.82 Å². The van der Waals surface area contributed by atoms with E-state index in [0.29, 0.717) is 11.6 Å². The van der Waals surface area contributed by atoms with Gasteiger partial charge in [0, 0.05) is 11.6 Å². The number of rotatable bonds is 20. The molecule has 0 saturated heterocycles. The lowest BCUT2D eigenvalue weighted by Gasteiger charge is -2.31. The number of fused-ring (bicyclic) bond motifs is 1. The van der Waals surface area contributed by atoms with Crippen LogP contribution in [0.4, 0.5) is 11.8 Å². The second-order valence-corrected chi connectivity index (χ2v) is 17.9. The number of anilines is 2. The highest BCUT2D eigenvalue weighted by Gasteiger charge is 2.32. The Bertz CT molecular complexity index is 1040.